The summed E-state index contributed by atoms with van der Waals surface area (Å²) in [5, 5.41) is 13.8. The van der Waals surface area contributed by atoms with E-state index in [0.717, 1.165) is 0 Å². The maximum absolute atomic E-state index is 12.4. The van der Waals surface area contributed by atoms with Crippen molar-refractivity contribution in [3.05, 3.63) is 35.4 Å². The van der Waals surface area contributed by atoms with Crippen LogP contribution in [0, 0.1) is 0 Å². The van der Waals surface area contributed by atoms with E-state index in [9.17, 15) is 9.90 Å². The summed E-state index contributed by atoms with van der Waals surface area (Å²) >= 11 is 0. The van der Waals surface area contributed by atoms with Gasteiger partial charge in [0.2, 0.25) is 11.5 Å². The van der Waals surface area contributed by atoms with Gasteiger partial charge in [-0.3, -0.25) is 4.79 Å². The summed E-state index contributed by atoms with van der Waals surface area (Å²) in [5.74, 6) is 0.923. The van der Waals surface area contributed by atoms with Crippen LogP contribution in [0.2, 0.25) is 0 Å². The number of phenols is 1. The lowest BCUT2D eigenvalue weighted by Gasteiger charge is -2.13. The van der Waals surface area contributed by atoms with E-state index >= 15 is 0 Å². The monoisotopic (exact) mass is 390 g/mol. The van der Waals surface area contributed by atoms with E-state index in [0.29, 0.717) is 22.8 Å². The van der Waals surface area contributed by atoms with Gasteiger partial charge in [-0.15, -0.1) is 0 Å². The topological polar surface area (TPSA) is 108 Å². The summed E-state index contributed by atoms with van der Waals surface area (Å²) < 4.78 is 25.8. The van der Waals surface area contributed by atoms with Crippen LogP contribution in [0.4, 0.5) is 0 Å². The van der Waals surface area contributed by atoms with Gasteiger partial charge in [0.05, 0.1) is 41.8 Å². The lowest BCUT2D eigenvalue weighted by molar-refractivity contribution is 0.0954. The summed E-state index contributed by atoms with van der Waals surface area (Å²) in [6.07, 6.45) is 1.39. The van der Waals surface area contributed by atoms with Crippen molar-refractivity contribution in [2.75, 3.05) is 35.5 Å². The Morgan fingerprint density at radius 2 is 1.36 bits per heavy atom. The third-order valence-corrected chi connectivity index (χ3v) is 3.81. The van der Waals surface area contributed by atoms with Crippen LogP contribution in [0.15, 0.2) is 29.4 Å². The third-order valence-electron chi connectivity index (χ3n) is 3.81. The fourth-order valence-corrected chi connectivity index (χ4v) is 2.43. The largest absolute Gasteiger partial charge is 0.502 e. The first-order chi connectivity index (χ1) is 13.5. The van der Waals surface area contributed by atoms with E-state index in [-0.39, 0.29) is 22.8 Å². The number of carbonyl (C=O) groups is 1. The minimum absolute atomic E-state index is 0.122. The molecule has 150 valence electrons. The minimum Gasteiger partial charge on any atom is -0.502 e. The first-order valence-corrected chi connectivity index (χ1v) is 8.07. The van der Waals surface area contributed by atoms with Crippen LogP contribution >= 0.6 is 0 Å². The molecule has 0 aliphatic heterocycles. The van der Waals surface area contributed by atoms with E-state index < -0.39 is 5.91 Å². The Hall–Kier alpha value is -3.62. The molecular weight excluding hydrogens is 368 g/mol. The summed E-state index contributed by atoms with van der Waals surface area (Å²) in [6, 6.07) is 6.12. The molecule has 2 rings (SSSR count). The number of hydrazone groups is 1. The van der Waals surface area contributed by atoms with Gasteiger partial charge in [0.1, 0.15) is 0 Å². The number of methoxy groups -OCH3 is 5. The van der Waals surface area contributed by atoms with Gasteiger partial charge in [-0.2, -0.15) is 5.10 Å². The molecule has 9 heteroatoms. The minimum atomic E-state index is -0.479. The number of carbonyl (C=O) groups excluding carboxylic acids is 1. The highest BCUT2D eigenvalue weighted by Crippen LogP contribution is 2.38. The number of hydrogen-bond acceptors (Lipinski definition) is 8. The fourth-order valence-electron chi connectivity index (χ4n) is 2.43. The van der Waals surface area contributed by atoms with Gasteiger partial charge in [0, 0.05) is 11.1 Å². The van der Waals surface area contributed by atoms with Gasteiger partial charge >= 0.3 is 0 Å². The van der Waals surface area contributed by atoms with Crippen LogP contribution in [-0.2, 0) is 0 Å². The number of rotatable bonds is 8. The number of nitrogens with one attached hydrogen (secondary N) is 1. The lowest BCUT2D eigenvalue weighted by atomic mass is 10.1. The van der Waals surface area contributed by atoms with Gasteiger partial charge in [0.15, 0.2) is 23.0 Å². The molecule has 9 nitrogen and oxygen atoms in total. The van der Waals surface area contributed by atoms with Crippen molar-refractivity contribution >= 4 is 12.1 Å². The molecule has 2 aromatic carbocycles. The molecular formula is C19H22N2O7. The summed E-state index contributed by atoms with van der Waals surface area (Å²) in [4.78, 5) is 12.4. The normalized spacial score (nSPS) is 10.5. The summed E-state index contributed by atoms with van der Waals surface area (Å²) in [5.41, 5.74) is 3.23. The maximum Gasteiger partial charge on any atom is 0.271 e. The average molecular weight is 390 g/mol. The van der Waals surface area contributed by atoms with Crippen molar-refractivity contribution in [2.45, 2.75) is 0 Å². The van der Waals surface area contributed by atoms with Crippen LogP contribution < -0.4 is 29.1 Å². The zero-order valence-corrected chi connectivity index (χ0v) is 16.2. The molecule has 0 atom stereocenters. The molecule has 0 spiro atoms. The Balaban J connectivity index is 2.22. The summed E-state index contributed by atoms with van der Waals surface area (Å²) in [7, 11) is 7.24. The van der Waals surface area contributed by atoms with Crippen molar-refractivity contribution in [2.24, 2.45) is 5.10 Å². The standard InChI is InChI=1S/C19H22N2O7/c1-24-13-6-11(7-14(25-2)17(13)22)10-20-21-19(23)12-8-15(26-3)18(28-5)16(9-12)27-4/h6-10,22H,1-5H3,(H,21,23). The molecule has 28 heavy (non-hydrogen) atoms. The number of hydrogen-bond donors (Lipinski definition) is 2. The number of phenolic OH excluding ortho intramolecular Hbond substituents is 1. The molecule has 1 amide bonds. The molecule has 0 heterocycles. The van der Waals surface area contributed by atoms with Gasteiger partial charge in [0.25, 0.3) is 5.91 Å². The first-order valence-electron chi connectivity index (χ1n) is 8.07. The maximum atomic E-state index is 12.4. The number of benzene rings is 2. The molecule has 0 fully saturated rings. The van der Waals surface area contributed by atoms with E-state index in [1.165, 1.54) is 53.9 Å². The van der Waals surface area contributed by atoms with Crippen LogP contribution in [0.3, 0.4) is 0 Å². The molecule has 0 bridgehead atoms. The van der Waals surface area contributed by atoms with Gasteiger partial charge < -0.3 is 28.8 Å². The Morgan fingerprint density at radius 1 is 0.857 bits per heavy atom. The van der Waals surface area contributed by atoms with Gasteiger partial charge in [-0.25, -0.2) is 5.43 Å². The van der Waals surface area contributed by atoms with Crippen molar-refractivity contribution in [1.29, 1.82) is 0 Å². The Bertz CT molecular complexity index is 831. The molecule has 0 saturated carbocycles. The van der Waals surface area contributed by atoms with E-state index in [4.69, 9.17) is 23.7 Å². The molecule has 2 N–H and O–H groups in total. The number of aromatic hydroxyl groups is 1. The second-order valence-electron chi connectivity index (χ2n) is 5.39. The van der Waals surface area contributed by atoms with Crippen molar-refractivity contribution in [1.82, 2.24) is 5.43 Å². The van der Waals surface area contributed by atoms with Gasteiger partial charge in [-0.1, -0.05) is 0 Å². The predicted molar refractivity (Wildman–Crippen MR) is 102 cm³/mol. The van der Waals surface area contributed by atoms with Crippen LogP contribution in [0.5, 0.6) is 34.5 Å². The van der Waals surface area contributed by atoms with Gasteiger partial charge in [-0.05, 0) is 24.3 Å². The fraction of sp³-hybridized carbons (Fsp3) is 0.263. The van der Waals surface area contributed by atoms with Crippen molar-refractivity contribution in [3.63, 3.8) is 0 Å². The average Bonchev–Trinajstić information content (AvgIpc) is 2.73. The zero-order valence-electron chi connectivity index (χ0n) is 16.2. The first kappa shape index (κ1) is 20.7. The lowest BCUT2D eigenvalue weighted by Crippen LogP contribution is -2.18. The third kappa shape index (κ3) is 4.37. The van der Waals surface area contributed by atoms with Crippen molar-refractivity contribution < 1.29 is 33.6 Å². The Morgan fingerprint density at radius 3 is 1.79 bits per heavy atom. The highest BCUT2D eigenvalue weighted by atomic mass is 16.5. The highest BCUT2D eigenvalue weighted by Gasteiger charge is 2.17. The quantitative estimate of drug-likeness (QED) is 0.525. The highest BCUT2D eigenvalue weighted by molar-refractivity contribution is 5.96. The van der Waals surface area contributed by atoms with Crippen LogP contribution in [0.1, 0.15) is 15.9 Å². The number of nitrogens with zero attached hydrogens (tertiary/aromatic N) is 1. The van der Waals surface area contributed by atoms with Crippen LogP contribution in [0.25, 0.3) is 0 Å². The van der Waals surface area contributed by atoms with E-state index in [1.54, 1.807) is 12.1 Å². The predicted octanol–water partition coefficient (Wildman–Crippen LogP) is 2.20. The van der Waals surface area contributed by atoms with Crippen molar-refractivity contribution in [3.8, 4) is 34.5 Å². The zero-order chi connectivity index (χ0) is 20.7. The molecule has 0 unspecified atom stereocenters. The molecule has 0 radical (unpaired) electrons. The smallest absolute Gasteiger partial charge is 0.271 e. The van der Waals surface area contributed by atoms with E-state index in [1.807, 2.05) is 0 Å². The molecule has 0 aromatic heterocycles. The molecule has 0 saturated heterocycles. The number of ether oxygens (including phenoxy) is 5. The second kappa shape index (κ2) is 9.36. The Labute approximate surface area is 162 Å². The van der Waals surface area contributed by atoms with E-state index in [2.05, 4.69) is 10.5 Å². The summed E-state index contributed by atoms with van der Waals surface area (Å²) in [6.45, 7) is 0. The Kier molecular flexibility index (Phi) is 6.91. The SMILES string of the molecule is COc1cc(C=NNC(=O)c2cc(OC)c(OC)c(OC)c2)cc(OC)c1O. The molecule has 0 aliphatic carbocycles. The second-order valence-corrected chi connectivity index (χ2v) is 5.39. The number of amides is 1. The molecule has 0 aliphatic rings. The molecule has 2 aromatic rings. The van der Waals surface area contributed by atoms with Crippen LogP contribution in [-0.4, -0.2) is 52.8 Å².